The molecule has 4 nitrogen and oxygen atoms in total. The second-order valence-electron chi connectivity index (χ2n) is 4.93. The Hall–Kier alpha value is -0.610. The van der Waals surface area contributed by atoms with Crippen molar-refractivity contribution in [1.29, 1.82) is 0 Å². The number of carboxylic acid groups (broad SMARTS) is 1. The van der Waals surface area contributed by atoms with Gasteiger partial charge in [-0.15, -0.1) is 0 Å². The molecule has 4 heteroatoms. The minimum absolute atomic E-state index is 0.193. The van der Waals surface area contributed by atoms with Crippen LogP contribution in [0.25, 0.3) is 0 Å². The van der Waals surface area contributed by atoms with Gasteiger partial charge in [0.05, 0.1) is 18.8 Å². The molecule has 0 aromatic carbocycles. The number of ether oxygens (including phenoxy) is 2. The third-order valence-corrected chi connectivity index (χ3v) is 2.21. The van der Waals surface area contributed by atoms with E-state index >= 15 is 0 Å². The van der Waals surface area contributed by atoms with E-state index in [-0.39, 0.29) is 11.5 Å². The van der Waals surface area contributed by atoms with Gasteiger partial charge in [-0.25, -0.2) is 4.79 Å². The van der Waals surface area contributed by atoms with E-state index in [0.29, 0.717) is 13.2 Å². The number of carboxylic acids is 1. The van der Waals surface area contributed by atoms with Crippen LogP contribution in [0.4, 0.5) is 0 Å². The van der Waals surface area contributed by atoms with Gasteiger partial charge in [-0.1, -0.05) is 0 Å². The molecular weight excluding hydrogens is 196 g/mol. The van der Waals surface area contributed by atoms with Crippen molar-refractivity contribution in [2.75, 3.05) is 13.2 Å². The van der Waals surface area contributed by atoms with E-state index in [0.717, 1.165) is 12.8 Å². The van der Waals surface area contributed by atoms with Crippen molar-refractivity contribution in [2.24, 2.45) is 5.92 Å². The Morgan fingerprint density at radius 2 is 2.00 bits per heavy atom. The maximum Gasteiger partial charge on any atom is 0.333 e. The maximum absolute atomic E-state index is 10.8. The van der Waals surface area contributed by atoms with Crippen LogP contribution >= 0.6 is 0 Å². The van der Waals surface area contributed by atoms with Gasteiger partial charge in [0.2, 0.25) is 0 Å². The fourth-order valence-electron chi connectivity index (χ4n) is 1.33. The van der Waals surface area contributed by atoms with Crippen LogP contribution in [0.5, 0.6) is 0 Å². The van der Waals surface area contributed by atoms with E-state index in [1.165, 1.54) is 0 Å². The molecule has 1 aliphatic rings. The zero-order chi connectivity index (χ0) is 11.5. The molecule has 0 heterocycles. The lowest BCUT2D eigenvalue weighted by Gasteiger charge is -2.20. The van der Waals surface area contributed by atoms with E-state index in [1.807, 2.05) is 20.8 Å². The van der Waals surface area contributed by atoms with Crippen LogP contribution in [0.15, 0.2) is 0 Å². The van der Waals surface area contributed by atoms with E-state index in [1.54, 1.807) is 0 Å². The van der Waals surface area contributed by atoms with Gasteiger partial charge in [0.25, 0.3) is 0 Å². The molecule has 1 atom stereocenters. The summed E-state index contributed by atoms with van der Waals surface area (Å²) in [5.74, 6) is -0.634. The first kappa shape index (κ1) is 12.5. The van der Waals surface area contributed by atoms with Crippen LogP contribution in [0.1, 0.15) is 33.6 Å². The molecule has 0 amide bonds. The molecule has 1 unspecified atom stereocenters. The number of hydrogen-bond acceptors (Lipinski definition) is 3. The predicted octanol–water partition coefficient (Wildman–Crippen LogP) is 1.68. The Kier molecular flexibility index (Phi) is 4.11. The van der Waals surface area contributed by atoms with Crippen LogP contribution < -0.4 is 0 Å². The summed E-state index contributed by atoms with van der Waals surface area (Å²) in [6, 6.07) is 0. The summed E-state index contributed by atoms with van der Waals surface area (Å²) in [7, 11) is 0. The maximum atomic E-state index is 10.8. The molecule has 1 N–H and O–H groups in total. The molecule has 0 radical (unpaired) electrons. The molecule has 1 fully saturated rings. The summed E-state index contributed by atoms with van der Waals surface area (Å²) < 4.78 is 10.7. The minimum Gasteiger partial charge on any atom is -0.479 e. The summed E-state index contributed by atoms with van der Waals surface area (Å²) in [6.07, 6.45) is 1.31. The van der Waals surface area contributed by atoms with Crippen molar-refractivity contribution in [1.82, 2.24) is 0 Å². The fourth-order valence-corrected chi connectivity index (χ4v) is 1.33. The van der Waals surface area contributed by atoms with E-state index in [2.05, 4.69) is 0 Å². The molecule has 0 bridgehead atoms. The van der Waals surface area contributed by atoms with Crippen molar-refractivity contribution in [2.45, 2.75) is 45.3 Å². The first-order valence-corrected chi connectivity index (χ1v) is 5.38. The van der Waals surface area contributed by atoms with Gasteiger partial charge < -0.3 is 14.6 Å². The molecule has 1 saturated carbocycles. The van der Waals surface area contributed by atoms with Crippen LogP contribution in [-0.2, 0) is 14.3 Å². The Labute approximate surface area is 90.6 Å². The highest BCUT2D eigenvalue weighted by molar-refractivity contribution is 5.73. The zero-order valence-electron chi connectivity index (χ0n) is 9.66. The highest BCUT2D eigenvalue weighted by Gasteiger charge is 2.36. The van der Waals surface area contributed by atoms with Crippen molar-refractivity contribution in [3.63, 3.8) is 0 Å². The average Bonchev–Trinajstić information content (AvgIpc) is 2.84. The molecule has 0 aliphatic heterocycles. The molecule has 0 aromatic rings. The van der Waals surface area contributed by atoms with Crippen LogP contribution in [0.2, 0.25) is 0 Å². The number of aliphatic carboxylic acids is 1. The Balaban J connectivity index is 2.15. The summed E-state index contributed by atoms with van der Waals surface area (Å²) in [5.41, 5.74) is -0.193. The Morgan fingerprint density at radius 3 is 2.40 bits per heavy atom. The van der Waals surface area contributed by atoms with E-state index < -0.39 is 12.1 Å². The first-order valence-electron chi connectivity index (χ1n) is 5.38. The van der Waals surface area contributed by atoms with Gasteiger partial charge in [0, 0.05) is 0 Å². The molecule has 0 saturated heterocycles. The van der Waals surface area contributed by atoms with Gasteiger partial charge in [-0.2, -0.15) is 0 Å². The average molecular weight is 216 g/mol. The van der Waals surface area contributed by atoms with Crippen LogP contribution in [0.3, 0.4) is 0 Å². The molecule has 0 aromatic heterocycles. The van der Waals surface area contributed by atoms with Crippen molar-refractivity contribution < 1.29 is 19.4 Å². The third kappa shape index (κ3) is 5.14. The van der Waals surface area contributed by atoms with Gasteiger partial charge in [-0.05, 0) is 39.5 Å². The zero-order valence-corrected chi connectivity index (χ0v) is 9.66. The van der Waals surface area contributed by atoms with E-state index in [9.17, 15) is 4.79 Å². The smallest absolute Gasteiger partial charge is 0.333 e. The summed E-state index contributed by atoms with van der Waals surface area (Å²) in [5, 5.41) is 8.88. The quantitative estimate of drug-likeness (QED) is 0.686. The normalized spacial score (nSPS) is 18.9. The lowest BCUT2D eigenvalue weighted by molar-refractivity contribution is -0.153. The number of hydrogen-bond donors (Lipinski definition) is 1. The molecule has 1 rings (SSSR count). The fraction of sp³-hybridized carbons (Fsp3) is 0.909. The van der Waals surface area contributed by atoms with Gasteiger partial charge in [0.15, 0.2) is 6.10 Å². The number of carbonyl (C=O) groups is 1. The second kappa shape index (κ2) is 4.94. The molecular formula is C11H20O4. The van der Waals surface area contributed by atoms with Gasteiger partial charge >= 0.3 is 5.97 Å². The van der Waals surface area contributed by atoms with Gasteiger partial charge in [-0.3, -0.25) is 0 Å². The molecule has 0 spiro atoms. The lowest BCUT2D eigenvalue weighted by atomic mass is 10.2. The Bertz CT molecular complexity index is 215. The summed E-state index contributed by atoms with van der Waals surface area (Å²) in [4.78, 5) is 10.8. The highest BCUT2D eigenvalue weighted by Crippen LogP contribution is 2.34. The lowest BCUT2D eigenvalue weighted by Crippen LogP contribution is -2.29. The van der Waals surface area contributed by atoms with Gasteiger partial charge in [0.1, 0.15) is 0 Å². The van der Waals surface area contributed by atoms with Crippen molar-refractivity contribution in [3.8, 4) is 0 Å². The first-order chi connectivity index (χ1) is 6.90. The third-order valence-electron chi connectivity index (χ3n) is 2.21. The summed E-state index contributed by atoms with van der Waals surface area (Å²) in [6.45, 7) is 6.68. The molecule has 15 heavy (non-hydrogen) atoms. The monoisotopic (exact) mass is 216 g/mol. The topological polar surface area (TPSA) is 55.8 Å². The minimum atomic E-state index is -0.853. The van der Waals surface area contributed by atoms with Crippen molar-refractivity contribution in [3.05, 3.63) is 0 Å². The van der Waals surface area contributed by atoms with E-state index in [4.69, 9.17) is 14.6 Å². The predicted molar refractivity (Wildman–Crippen MR) is 55.8 cm³/mol. The van der Waals surface area contributed by atoms with Crippen LogP contribution in [-0.4, -0.2) is 36.0 Å². The molecule has 88 valence electrons. The number of rotatable bonds is 6. The summed E-state index contributed by atoms with van der Waals surface area (Å²) >= 11 is 0. The SMILES string of the molecule is CC(C)(C)OCCOC(C(=O)O)C1CC1. The standard InChI is InChI=1S/C11H20O4/c1-11(2,3)15-7-6-14-9(10(12)13)8-4-5-8/h8-9H,4-7H2,1-3H3,(H,12,13). The van der Waals surface area contributed by atoms with Crippen molar-refractivity contribution >= 4 is 5.97 Å². The Morgan fingerprint density at radius 1 is 1.40 bits per heavy atom. The van der Waals surface area contributed by atoms with Crippen LogP contribution in [0, 0.1) is 5.92 Å². The second-order valence-corrected chi connectivity index (χ2v) is 4.93. The molecule has 1 aliphatic carbocycles. The largest absolute Gasteiger partial charge is 0.479 e. The highest BCUT2D eigenvalue weighted by atomic mass is 16.6.